The number of nitrogens with zero attached hydrogens (tertiary/aromatic N) is 1. The van der Waals surface area contributed by atoms with Crippen molar-refractivity contribution in [2.45, 2.75) is 11.8 Å². The second kappa shape index (κ2) is 5.53. The lowest BCUT2D eigenvalue weighted by Crippen LogP contribution is -2.03. The number of aromatic nitrogens is 1. The summed E-state index contributed by atoms with van der Waals surface area (Å²) in [6.07, 6.45) is 2.48. The Labute approximate surface area is 121 Å². The summed E-state index contributed by atoms with van der Waals surface area (Å²) >= 11 is 0. The Kier molecular flexibility index (Phi) is 3.95. The summed E-state index contributed by atoms with van der Waals surface area (Å²) < 4.78 is 28.8. The van der Waals surface area contributed by atoms with Crippen molar-refractivity contribution >= 4 is 15.8 Å². The highest BCUT2D eigenvalue weighted by Gasteiger charge is 2.16. The van der Waals surface area contributed by atoms with Crippen LogP contribution in [0.2, 0.25) is 0 Å². The monoisotopic (exact) mass is 307 g/mol. The maximum Gasteiger partial charge on any atom is 0.335 e. The Morgan fingerprint density at radius 3 is 2.57 bits per heavy atom. The molecule has 0 saturated heterocycles. The van der Waals surface area contributed by atoms with Crippen LogP contribution in [0.1, 0.15) is 15.9 Å². The van der Waals surface area contributed by atoms with E-state index >= 15 is 0 Å². The Bertz CT molecular complexity index is 799. The van der Waals surface area contributed by atoms with Crippen molar-refractivity contribution in [2.24, 2.45) is 0 Å². The average molecular weight is 307 g/mol. The fourth-order valence-corrected chi connectivity index (χ4v) is 2.52. The molecule has 2 aromatic rings. The van der Waals surface area contributed by atoms with E-state index in [-0.39, 0.29) is 16.3 Å². The smallest absolute Gasteiger partial charge is 0.335 e. The van der Waals surface area contributed by atoms with Gasteiger partial charge in [-0.25, -0.2) is 18.2 Å². The standard InChI is InChI=1S/C14H13NO5S/c1-9-8-10(5-6-11(9)14(16)17)20-13-12(21(2,18)19)4-3-7-15-13/h3-8H,1-2H3,(H,16,17). The SMILES string of the molecule is Cc1cc(Oc2ncccc2S(C)(=O)=O)ccc1C(=O)O. The first-order valence-electron chi connectivity index (χ1n) is 5.96. The minimum absolute atomic E-state index is 0.0232. The molecule has 110 valence electrons. The second-order valence-electron chi connectivity index (χ2n) is 4.46. The summed E-state index contributed by atoms with van der Waals surface area (Å²) in [5.74, 6) is -0.753. The number of benzene rings is 1. The van der Waals surface area contributed by atoms with Gasteiger partial charge in [0.25, 0.3) is 0 Å². The van der Waals surface area contributed by atoms with Crippen LogP contribution in [-0.2, 0) is 9.84 Å². The lowest BCUT2D eigenvalue weighted by Gasteiger charge is -2.10. The van der Waals surface area contributed by atoms with Crippen molar-refractivity contribution in [2.75, 3.05) is 6.26 Å². The molecule has 0 aliphatic rings. The van der Waals surface area contributed by atoms with E-state index in [2.05, 4.69) is 4.98 Å². The van der Waals surface area contributed by atoms with Gasteiger partial charge in [0, 0.05) is 12.5 Å². The van der Waals surface area contributed by atoms with Crippen LogP contribution in [0.3, 0.4) is 0 Å². The van der Waals surface area contributed by atoms with E-state index in [4.69, 9.17) is 9.84 Å². The van der Waals surface area contributed by atoms with E-state index in [1.165, 1.54) is 36.5 Å². The Morgan fingerprint density at radius 2 is 2.00 bits per heavy atom. The molecule has 0 unspecified atom stereocenters. The highest BCUT2D eigenvalue weighted by atomic mass is 32.2. The van der Waals surface area contributed by atoms with Gasteiger partial charge in [-0.2, -0.15) is 0 Å². The summed E-state index contributed by atoms with van der Waals surface area (Å²) in [5.41, 5.74) is 0.670. The van der Waals surface area contributed by atoms with E-state index in [1.807, 2.05) is 0 Å². The zero-order valence-electron chi connectivity index (χ0n) is 11.4. The van der Waals surface area contributed by atoms with E-state index in [0.29, 0.717) is 11.3 Å². The highest BCUT2D eigenvalue weighted by Crippen LogP contribution is 2.27. The molecular weight excluding hydrogens is 294 g/mol. The van der Waals surface area contributed by atoms with Crippen LogP contribution in [0.5, 0.6) is 11.6 Å². The quantitative estimate of drug-likeness (QED) is 0.931. The van der Waals surface area contributed by atoms with Gasteiger partial charge in [0.05, 0.1) is 5.56 Å². The first-order chi connectivity index (χ1) is 9.79. The molecule has 0 aliphatic heterocycles. The van der Waals surface area contributed by atoms with Crippen molar-refractivity contribution in [3.63, 3.8) is 0 Å². The minimum Gasteiger partial charge on any atom is -0.478 e. The van der Waals surface area contributed by atoms with E-state index in [9.17, 15) is 13.2 Å². The predicted molar refractivity (Wildman–Crippen MR) is 75.6 cm³/mol. The first-order valence-corrected chi connectivity index (χ1v) is 7.85. The number of ether oxygens (including phenoxy) is 1. The maximum absolute atomic E-state index is 11.7. The molecule has 0 amide bonds. The van der Waals surface area contributed by atoms with Crippen LogP contribution < -0.4 is 4.74 Å². The summed E-state index contributed by atoms with van der Waals surface area (Å²) in [7, 11) is -3.47. The normalized spacial score (nSPS) is 11.1. The molecule has 1 N–H and O–H groups in total. The number of rotatable bonds is 4. The number of aromatic carboxylic acids is 1. The molecule has 21 heavy (non-hydrogen) atoms. The average Bonchev–Trinajstić information content (AvgIpc) is 2.37. The second-order valence-corrected chi connectivity index (χ2v) is 6.45. The van der Waals surface area contributed by atoms with Crippen molar-refractivity contribution in [3.05, 3.63) is 47.7 Å². The van der Waals surface area contributed by atoms with E-state index < -0.39 is 15.8 Å². The zero-order valence-corrected chi connectivity index (χ0v) is 12.2. The lowest BCUT2D eigenvalue weighted by atomic mass is 10.1. The van der Waals surface area contributed by atoms with Gasteiger partial charge in [-0.1, -0.05) is 0 Å². The molecule has 0 radical (unpaired) electrons. The fourth-order valence-electron chi connectivity index (χ4n) is 1.79. The number of hydrogen-bond donors (Lipinski definition) is 1. The summed E-state index contributed by atoms with van der Waals surface area (Å²) in [5, 5.41) is 8.96. The van der Waals surface area contributed by atoms with Crippen LogP contribution >= 0.6 is 0 Å². The van der Waals surface area contributed by atoms with Crippen LogP contribution in [0.25, 0.3) is 0 Å². The van der Waals surface area contributed by atoms with Gasteiger partial charge in [-0.05, 0) is 42.8 Å². The van der Waals surface area contributed by atoms with Gasteiger partial charge in [0.2, 0.25) is 5.88 Å². The van der Waals surface area contributed by atoms with Gasteiger partial charge in [0.15, 0.2) is 9.84 Å². The summed E-state index contributed by atoms with van der Waals surface area (Å²) in [4.78, 5) is 14.8. The fraction of sp³-hybridized carbons (Fsp3) is 0.143. The summed E-state index contributed by atoms with van der Waals surface area (Å²) in [6, 6.07) is 7.27. The maximum atomic E-state index is 11.7. The van der Waals surface area contributed by atoms with E-state index in [0.717, 1.165) is 6.26 Å². The molecule has 7 heteroatoms. The third-order valence-corrected chi connectivity index (χ3v) is 3.89. The molecule has 0 atom stereocenters. The van der Waals surface area contributed by atoms with Gasteiger partial charge in [-0.3, -0.25) is 0 Å². The molecule has 1 aromatic carbocycles. The summed E-state index contributed by atoms with van der Waals surface area (Å²) in [6.45, 7) is 1.63. The topological polar surface area (TPSA) is 93.6 Å². The van der Waals surface area contributed by atoms with Crippen molar-refractivity contribution in [3.8, 4) is 11.6 Å². The number of carbonyl (C=O) groups is 1. The molecule has 0 bridgehead atoms. The highest BCUT2D eigenvalue weighted by molar-refractivity contribution is 7.90. The molecule has 0 spiro atoms. The number of hydrogen-bond acceptors (Lipinski definition) is 5. The number of carboxylic acid groups (broad SMARTS) is 1. The Hall–Kier alpha value is -2.41. The molecule has 0 aliphatic carbocycles. The molecule has 2 rings (SSSR count). The number of aryl methyl sites for hydroxylation is 1. The molecule has 1 aromatic heterocycles. The van der Waals surface area contributed by atoms with Gasteiger partial charge in [0.1, 0.15) is 10.6 Å². The molecule has 1 heterocycles. The Morgan fingerprint density at radius 1 is 1.29 bits per heavy atom. The number of sulfone groups is 1. The van der Waals surface area contributed by atoms with Crippen molar-refractivity contribution in [1.29, 1.82) is 0 Å². The van der Waals surface area contributed by atoms with Crippen LogP contribution in [0.4, 0.5) is 0 Å². The lowest BCUT2D eigenvalue weighted by molar-refractivity contribution is 0.0696. The van der Waals surface area contributed by atoms with Gasteiger partial charge >= 0.3 is 5.97 Å². The van der Waals surface area contributed by atoms with Crippen LogP contribution in [0, 0.1) is 6.92 Å². The third kappa shape index (κ3) is 3.38. The van der Waals surface area contributed by atoms with Gasteiger partial charge in [-0.15, -0.1) is 0 Å². The molecule has 0 fully saturated rings. The minimum atomic E-state index is -3.47. The van der Waals surface area contributed by atoms with Crippen molar-refractivity contribution < 1.29 is 23.1 Å². The molecule has 6 nitrogen and oxygen atoms in total. The van der Waals surface area contributed by atoms with Gasteiger partial charge < -0.3 is 9.84 Å². The number of pyridine rings is 1. The molecule has 0 saturated carbocycles. The van der Waals surface area contributed by atoms with E-state index in [1.54, 1.807) is 6.92 Å². The largest absolute Gasteiger partial charge is 0.478 e. The van der Waals surface area contributed by atoms with Crippen LogP contribution in [-0.4, -0.2) is 30.7 Å². The first kappa shape index (κ1) is 15.0. The van der Waals surface area contributed by atoms with Crippen molar-refractivity contribution in [1.82, 2.24) is 4.98 Å². The molecular formula is C14H13NO5S. The third-order valence-electron chi connectivity index (χ3n) is 2.78. The predicted octanol–water partition coefficient (Wildman–Crippen LogP) is 2.28. The zero-order chi connectivity index (χ0) is 15.6. The number of carboxylic acids is 1. The van der Waals surface area contributed by atoms with Crippen LogP contribution in [0.15, 0.2) is 41.4 Å². The Balaban J connectivity index is 2.40.